The zero-order valence-corrected chi connectivity index (χ0v) is 11.1. The summed E-state index contributed by atoms with van der Waals surface area (Å²) in [5.41, 5.74) is 2.09. The minimum Gasteiger partial charge on any atom is -0.474 e. The van der Waals surface area contributed by atoms with Crippen LogP contribution >= 0.6 is 0 Å². The highest BCUT2D eigenvalue weighted by Gasteiger charge is 2.36. The Labute approximate surface area is 114 Å². The second-order valence-corrected chi connectivity index (χ2v) is 5.07. The number of aromatic nitrogens is 2. The van der Waals surface area contributed by atoms with Crippen LogP contribution in [0.15, 0.2) is 6.07 Å². The van der Waals surface area contributed by atoms with Crippen LogP contribution in [0.2, 0.25) is 0 Å². The van der Waals surface area contributed by atoms with E-state index < -0.39 is 12.0 Å². The molecule has 0 radical (unpaired) electrons. The lowest BCUT2D eigenvalue weighted by molar-refractivity contribution is -0.145. The van der Waals surface area contributed by atoms with Crippen molar-refractivity contribution in [2.75, 3.05) is 5.43 Å². The molecule has 3 N–H and O–H groups in total. The largest absolute Gasteiger partial charge is 0.474 e. The van der Waals surface area contributed by atoms with Gasteiger partial charge in [0.15, 0.2) is 0 Å². The van der Waals surface area contributed by atoms with Crippen LogP contribution in [-0.2, 0) is 6.18 Å². The zero-order chi connectivity index (χ0) is 14.8. The third-order valence-electron chi connectivity index (χ3n) is 3.28. The molecule has 0 aromatic carbocycles. The average Bonchev–Trinajstić information content (AvgIpc) is 2.37. The molecule has 112 valence electrons. The second-order valence-electron chi connectivity index (χ2n) is 5.07. The van der Waals surface area contributed by atoms with Crippen LogP contribution in [0.25, 0.3) is 0 Å². The highest BCUT2D eigenvalue weighted by molar-refractivity contribution is 5.37. The molecule has 0 saturated heterocycles. The number of nitrogens with zero attached hydrogens (tertiary/aromatic N) is 2. The average molecular weight is 290 g/mol. The topological polar surface area (TPSA) is 73.1 Å². The van der Waals surface area contributed by atoms with Gasteiger partial charge in [0.05, 0.1) is 0 Å². The maximum atomic E-state index is 12.7. The Kier molecular flexibility index (Phi) is 4.32. The van der Waals surface area contributed by atoms with Gasteiger partial charge in [0, 0.05) is 6.07 Å². The number of halogens is 3. The van der Waals surface area contributed by atoms with E-state index >= 15 is 0 Å². The minimum atomic E-state index is -4.63. The van der Waals surface area contributed by atoms with Crippen molar-refractivity contribution in [3.63, 3.8) is 0 Å². The van der Waals surface area contributed by atoms with Crippen LogP contribution < -0.4 is 16.0 Å². The first-order chi connectivity index (χ1) is 9.38. The lowest BCUT2D eigenvalue weighted by Gasteiger charge is -2.27. The summed E-state index contributed by atoms with van der Waals surface area (Å²) in [6.07, 6.45) is -0.985. The predicted octanol–water partition coefficient (Wildman–Crippen LogP) is 2.74. The fraction of sp³-hybridized carbons (Fsp3) is 0.667. The number of nitrogens with one attached hydrogen (secondary N) is 1. The molecule has 0 amide bonds. The number of ether oxygens (including phenoxy) is 1. The van der Waals surface area contributed by atoms with Crippen LogP contribution in [0.5, 0.6) is 5.88 Å². The summed E-state index contributed by atoms with van der Waals surface area (Å²) in [5, 5.41) is 0. The molecule has 1 aliphatic rings. The molecular weight excluding hydrogens is 273 g/mol. The van der Waals surface area contributed by atoms with Gasteiger partial charge < -0.3 is 10.2 Å². The highest BCUT2D eigenvalue weighted by Crippen LogP contribution is 2.31. The molecule has 20 heavy (non-hydrogen) atoms. The number of alkyl halides is 3. The summed E-state index contributed by atoms with van der Waals surface area (Å²) in [5.74, 6) is 4.15. The van der Waals surface area contributed by atoms with Gasteiger partial charge in [-0.2, -0.15) is 18.2 Å². The van der Waals surface area contributed by atoms with E-state index in [1.54, 1.807) is 0 Å². The summed E-state index contributed by atoms with van der Waals surface area (Å²) >= 11 is 0. The molecule has 0 spiro atoms. The first kappa shape index (κ1) is 14.8. The highest BCUT2D eigenvalue weighted by atomic mass is 19.4. The van der Waals surface area contributed by atoms with E-state index in [1.807, 2.05) is 0 Å². The minimum absolute atomic E-state index is 0.0978. The van der Waals surface area contributed by atoms with Crippen molar-refractivity contribution in [2.45, 2.75) is 44.9 Å². The smallest absolute Gasteiger partial charge is 0.451 e. The number of nitrogens with two attached hydrogens (primary N) is 1. The Hall–Kier alpha value is -1.57. The van der Waals surface area contributed by atoms with Crippen molar-refractivity contribution in [3.05, 3.63) is 11.9 Å². The molecule has 5 nitrogen and oxygen atoms in total. The van der Waals surface area contributed by atoms with Crippen LogP contribution in [-0.4, -0.2) is 16.1 Å². The Bertz CT molecular complexity index is 467. The monoisotopic (exact) mass is 290 g/mol. The van der Waals surface area contributed by atoms with E-state index in [1.165, 1.54) is 6.07 Å². The molecule has 1 aliphatic carbocycles. The van der Waals surface area contributed by atoms with Gasteiger partial charge in [0.2, 0.25) is 11.7 Å². The van der Waals surface area contributed by atoms with E-state index in [0.29, 0.717) is 5.92 Å². The summed E-state index contributed by atoms with van der Waals surface area (Å²) in [6, 6.07) is 1.27. The van der Waals surface area contributed by atoms with Gasteiger partial charge in [-0.05, 0) is 25.2 Å². The number of nitrogen functional groups attached to an aromatic ring is 1. The summed E-state index contributed by atoms with van der Waals surface area (Å²) < 4.78 is 43.6. The molecule has 0 aliphatic heterocycles. The third-order valence-corrected chi connectivity index (χ3v) is 3.28. The van der Waals surface area contributed by atoms with Gasteiger partial charge in [-0.1, -0.05) is 13.3 Å². The lowest BCUT2D eigenvalue weighted by Crippen LogP contribution is -2.25. The molecule has 0 bridgehead atoms. The van der Waals surface area contributed by atoms with Gasteiger partial charge >= 0.3 is 6.18 Å². The van der Waals surface area contributed by atoms with Crippen LogP contribution in [0.4, 0.5) is 19.0 Å². The van der Waals surface area contributed by atoms with Crippen LogP contribution in [0, 0.1) is 5.92 Å². The maximum Gasteiger partial charge on any atom is 0.451 e. The number of rotatable bonds is 3. The molecular formula is C12H17F3N4O. The van der Waals surface area contributed by atoms with E-state index in [-0.39, 0.29) is 17.8 Å². The van der Waals surface area contributed by atoms with E-state index in [4.69, 9.17) is 10.6 Å². The molecule has 2 unspecified atom stereocenters. The molecule has 2 atom stereocenters. The molecule has 1 aromatic rings. The first-order valence-electron chi connectivity index (χ1n) is 6.48. The predicted molar refractivity (Wildman–Crippen MR) is 66.9 cm³/mol. The lowest BCUT2D eigenvalue weighted by atomic mass is 9.89. The van der Waals surface area contributed by atoms with Crippen molar-refractivity contribution < 1.29 is 17.9 Å². The molecule has 1 heterocycles. The van der Waals surface area contributed by atoms with Crippen LogP contribution in [0.1, 0.15) is 38.4 Å². The molecule has 2 rings (SSSR count). The fourth-order valence-corrected chi connectivity index (χ4v) is 2.34. The van der Waals surface area contributed by atoms with Crippen molar-refractivity contribution >= 4 is 5.82 Å². The van der Waals surface area contributed by atoms with Crippen molar-refractivity contribution in [2.24, 2.45) is 11.8 Å². The van der Waals surface area contributed by atoms with Crippen LogP contribution in [0.3, 0.4) is 0 Å². The quantitative estimate of drug-likeness (QED) is 0.661. The Morgan fingerprint density at radius 3 is 2.70 bits per heavy atom. The fourth-order valence-electron chi connectivity index (χ4n) is 2.34. The second kappa shape index (κ2) is 5.82. The number of hydrazine groups is 1. The Morgan fingerprint density at radius 2 is 2.10 bits per heavy atom. The van der Waals surface area contributed by atoms with Crippen molar-refractivity contribution in [1.29, 1.82) is 0 Å². The van der Waals surface area contributed by atoms with Gasteiger partial charge in [-0.25, -0.2) is 10.8 Å². The Morgan fingerprint density at radius 1 is 1.35 bits per heavy atom. The SMILES string of the molecule is CC1CCCC(Oc2cc(NN)nc(C(F)(F)F)n2)C1. The van der Waals surface area contributed by atoms with E-state index in [0.717, 1.165) is 25.7 Å². The Balaban J connectivity index is 2.18. The summed E-state index contributed by atoms with van der Waals surface area (Å²) in [6.45, 7) is 2.10. The summed E-state index contributed by atoms with van der Waals surface area (Å²) in [7, 11) is 0. The van der Waals surface area contributed by atoms with E-state index in [9.17, 15) is 13.2 Å². The van der Waals surface area contributed by atoms with E-state index in [2.05, 4.69) is 22.3 Å². The number of anilines is 1. The van der Waals surface area contributed by atoms with Gasteiger partial charge in [0.25, 0.3) is 0 Å². The van der Waals surface area contributed by atoms with Crippen molar-refractivity contribution in [3.8, 4) is 5.88 Å². The van der Waals surface area contributed by atoms with Gasteiger partial charge in [0.1, 0.15) is 11.9 Å². The number of hydrogen-bond acceptors (Lipinski definition) is 5. The first-order valence-corrected chi connectivity index (χ1v) is 6.48. The maximum absolute atomic E-state index is 12.7. The molecule has 1 fully saturated rings. The summed E-state index contributed by atoms with van der Waals surface area (Å²) in [4.78, 5) is 6.70. The number of hydrogen-bond donors (Lipinski definition) is 2. The molecule has 8 heteroatoms. The molecule has 1 aromatic heterocycles. The molecule has 1 saturated carbocycles. The van der Waals surface area contributed by atoms with Gasteiger partial charge in [-0.15, -0.1) is 0 Å². The third kappa shape index (κ3) is 3.72. The standard InChI is InChI=1S/C12H17F3N4O/c1-7-3-2-4-8(5-7)20-10-6-9(19-16)17-11(18-10)12(13,14)15/h6-8H,2-5,16H2,1H3,(H,17,18,19). The normalized spacial score (nSPS) is 23.4. The van der Waals surface area contributed by atoms with Crippen molar-refractivity contribution in [1.82, 2.24) is 9.97 Å². The van der Waals surface area contributed by atoms with Gasteiger partial charge in [-0.3, -0.25) is 0 Å². The zero-order valence-electron chi connectivity index (χ0n) is 11.1.